The maximum absolute atomic E-state index is 11.0. The van der Waals surface area contributed by atoms with E-state index in [1.54, 1.807) is 14.2 Å². The lowest BCUT2D eigenvalue weighted by Crippen LogP contribution is -2.41. The van der Waals surface area contributed by atoms with Gasteiger partial charge in [-0.15, -0.1) is 0 Å². The summed E-state index contributed by atoms with van der Waals surface area (Å²) in [7, 11) is 6.99. The number of rotatable bonds is 12. The lowest BCUT2D eigenvalue weighted by molar-refractivity contribution is -0.140. The van der Waals surface area contributed by atoms with E-state index in [0.717, 1.165) is 58.0 Å². The van der Waals surface area contributed by atoms with Crippen molar-refractivity contribution in [3.63, 3.8) is 0 Å². The number of ether oxygens (including phenoxy) is 2. The quantitative estimate of drug-likeness (QED) is 0.236. The zero-order chi connectivity index (χ0) is 16.6. The van der Waals surface area contributed by atoms with Crippen molar-refractivity contribution in [2.24, 2.45) is 4.99 Å². The molecule has 0 unspecified atom stereocenters. The van der Waals surface area contributed by atoms with Crippen LogP contribution in [0, 0.1) is 0 Å². The highest BCUT2D eigenvalue weighted by atomic mass is 16.5. The van der Waals surface area contributed by atoms with Gasteiger partial charge in [0.05, 0.1) is 7.11 Å². The third kappa shape index (κ3) is 12.4. The van der Waals surface area contributed by atoms with Gasteiger partial charge in [-0.1, -0.05) is 0 Å². The molecule has 7 nitrogen and oxygen atoms in total. The summed E-state index contributed by atoms with van der Waals surface area (Å²) in [6.07, 6.45) is 3.24. The molecule has 0 saturated carbocycles. The molecule has 0 bridgehead atoms. The Morgan fingerprint density at radius 1 is 1.09 bits per heavy atom. The van der Waals surface area contributed by atoms with Gasteiger partial charge in [-0.3, -0.25) is 9.79 Å². The maximum Gasteiger partial charge on any atom is 0.305 e. The van der Waals surface area contributed by atoms with Crippen LogP contribution in [0.25, 0.3) is 0 Å². The Morgan fingerprint density at radius 3 is 2.45 bits per heavy atom. The number of guanidine groups is 1. The maximum atomic E-state index is 11.0. The Bertz CT molecular complexity index is 311. The molecule has 0 atom stereocenters. The number of hydrogen-bond acceptors (Lipinski definition) is 5. The normalized spacial score (nSPS) is 11.6. The van der Waals surface area contributed by atoms with Gasteiger partial charge in [-0.25, -0.2) is 0 Å². The average Bonchev–Trinajstić information content (AvgIpc) is 2.52. The van der Waals surface area contributed by atoms with Crippen molar-refractivity contribution in [2.75, 3.05) is 61.1 Å². The molecule has 0 heterocycles. The van der Waals surface area contributed by atoms with Crippen LogP contribution in [0.5, 0.6) is 0 Å². The third-order valence-corrected chi connectivity index (χ3v) is 3.23. The number of unbranched alkanes of at least 4 members (excludes halogenated alkanes) is 1. The van der Waals surface area contributed by atoms with Crippen LogP contribution in [-0.4, -0.2) is 77.9 Å². The van der Waals surface area contributed by atoms with Gasteiger partial charge >= 0.3 is 5.97 Å². The summed E-state index contributed by atoms with van der Waals surface area (Å²) in [6.45, 7) is 4.40. The molecule has 0 fully saturated rings. The summed E-state index contributed by atoms with van der Waals surface area (Å²) in [5.74, 6) is 0.641. The summed E-state index contributed by atoms with van der Waals surface area (Å²) in [6, 6.07) is 0. The Balaban J connectivity index is 3.61. The molecule has 22 heavy (non-hydrogen) atoms. The molecule has 0 aromatic heterocycles. The number of esters is 1. The molecule has 0 aliphatic rings. The number of methoxy groups -OCH3 is 2. The highest BCUT2D eigenvalue weighted by Crippen LogP contribution is 1.95. The lowest BCUT2D eigenvalue weighted by atomic mass is 10.2. The van der Waals surface area contributed by atoms with Crippen LogP contribution in [0.15, 0.2) is 4.99 Å². The van der Waals surface area contributed by atoms with Gasteiger partial charge in [0.2, 0.25) is 0 Å². The van der Waals surface area contributed by atoms with Gasteiger partial charge in [0.25, 0.3) is 0 Å². The van der Waals surface area contributed by atoms with Gasteiger partial charge in [-0.2, -0.15) is 0 Å². The van der Waals surface area contributed by atoms with E-state index < -0.39 is 0 Å². The Labute approximate surface area is 134 Å². The Kier molecular flexibility index (Phi) is 13.7. The first-order valence-electron chi connectivity index (χ1n) is 7.82. The topological polar surface area (TPSA) is 75.2 Å². The second-order valence-corrected chi connectivity index (χ2v) is 5.11. The largest absolute Gasteiger partial charge is 0.469 e. The number of aliphatic imine (C=N–C) groups is 1. The van der Waals surface area contributed by atoms with Crippen LogP contribution in [0.1, 0.15) is 25.7 Å². The SMILES string of the molecule is CN=C(NCCCCC(=O)OC)NCCN(C)CCCOC. The number of nitrogens with zero attached hydrogens (tertiary/aromatic N) is 2. The minimum absolute atomic E-state index is 0.154. The van der Waals surface area contributed by atoms with Crippen molar-refractivity contribution < 1.29 is 14.3 Å². The first-order valence-corrected chi connectivity index (χ1v) is 7.82. The molecule has 2 N–H and O–H groups in total. The second kappa shape index (κ2) is 14.6. The van der Waals surface area contributed by atoms with E-state index in [1.165, 1.54) is 7.11 Å². The minimum atomic E-state index is -0.154. The van der Waals surface area contributed by atoms with Crippen molar-refractivity contribution in [3.8, 4) is 0 Å². The molecule has 0 amide bonds. The van der Waals surface area contributed by atoms with E-state index in [9.17, 15) is 4.79 Å². The third-order valence-electron chi connectivity index (χ3n) is 3.23. The van der Waals surface area contributed by atoms with Crippen molar-refractivity contribution in [2.45, 2.75) is 25.7 Å². The standard InChI is InChI=1S/C15H32N4O3/c1-16-15(17-9-6-5-8-14(20)22-4)18-10-12-19(2)11-7-13-21-3/h5-13H2,1-4H3,(H2,16,17,18). The summed E-state index contributed by atoms with van der Waals surface area (Å²) in [5.41, 5.74) is 0. The predicted molar refractivity (Wildman–Crippen MR) is 89.2 cm³/mol. The Hall–Kier alpha value is -1.34. The first kappa shape index (κ1) is 20.7. The van der Waals surface area contributed by atoms with Gasteiger partial charge in [-0.05, 0) is 26.3 Å². The predicted octanol–water partition coefficient (Wildman–Crippen LogP) is 0.463. The van der Waals surface area contributed by atoms with Crippen molar-refractivity contribution in [1.82, 2.24) is 15.5 Å². The highest BCUT2D eigenvalue weighted by molar-refractivity contribution is 5.79. The fraction of sp³-hybridized carbons (Fsp3) is 0.867. The lowest BCUT2D eigenvalue weighted by Gasteiger charge is -2.18. The molecule has 0 aliphatic carbocycles. The molecule has 0 aliphatic heterocycles. The zero-order valence-corrected chi connectivity index (χ0v) is 14.5. The highest BCUT2D eigenvalue weighted by Gasteiger charge is 2.02. The zero-order valence-electron chi connectivity index (χ0n) is 14.5. The smallest absolute Gasteiger partial charge is 0.305 e. The molecular formula is C15H32N4O3. The van der Waals surface area contributed by atoms with Crippen molar-refractivity contribution in [3.05, 3.63) is 0 Å². The van der Waals surface area contributed by atoms with Gasteiger partial charge in [0.15, 0.2) is 5.96 Å². The van der Waals surface area contributed by atoms with Crippen LogP contribution in [0.3, 0.4) is 0 Å². The Morgan fingerprint density at radius 2 is 1.82 bits per heavy atom. The molecule has 0 radical (unpaired) electrons. The van der Waals surface area contributed by atoms with E-state index in [1.807, 2.05) is 0 Å². The number of hydrogen-bond donors (Lipinski definition) is 2. The number of nitrogens with one attached hydrogen (secondary N) is 2. The molecular weight excluding hydrogens is 284 g/mol. The molecule has 0 spiro atoms. The fourth-order valence-electron chi connectivity index (χ4n) is 1.88. The van der Waals surface area contributed by atoms with E-state index in [4.69, 9.17) is 4.74 Å². The molecule has 0 saturated heterocycles. The van der Waals surface area contributed by atoms with Crippen LogP contribution in [-0.2, 0) is 14.3 Å². The van der Waals surface area contributed by atoms with E-state index in [2.05, 4.69) is 32.3 Å². The minimum Gasteiger partial charge on any atom is -0.469 e. The number of carbonyl (C=O) groups is 1. The second-order valence-electron chi connectivity index (χ2n) is 5.11. The van der Waals surface area contributed by atoms with E-state index >= 15 is 0 Å². The molecule has 130 valence electrons. The number of carbonyl (C=O) groups excluding carboxylic acids is 1. The monoisotopic (exact) mass is 316 g/mol. The van der Waals surface area contributed by atoms with Crippen LogP contribution < -0.4 is 10.6 Å². The summed E-state index contributed by atoms with van der Waals surface area (Å²) in [4.78, 5) is 17.4. The van der Waals surface area contributed by atoms with Crippen molar-refractivity contribution >= 4 is 11.9 Å². The molecule has 7 heteroatoms. The van der Waals surface area contributed by atoms with Gasteiger partial charge in [0.1, 0.15) is 0 Å². The summed E-state index contributed by atoms with van der Waals surface area (Å²) >= 11 is 0. The van der Waals surface area contributed by atoms with E-state index in [0.29, 0.717) is 6.42 Å². The summed E-state index contributed by atoms with van der Waals surface area (Å²) in [5, 5.41) is 6.51. The first-order chi connectivity index (χ1) is 10.6. The molecule has 0 aromatic carbocycles. The number of likely N-dealkylation sites (N-methyl/N-ethyl adjacent to an activating group) is 1. The molecule has 0 rings (SSSR count). The summed E-state index contributed by atoms with van der Waals surface area (Å²) < 4.78 is 9.64. The van der Waals surface area contributed by atoms with Crippen molar-refractivity contribution in [1.29, 1.82) is 0 Å². The fourth-order valence-corrected chi connectivity index (χ4v) is 1.88. The molecule has 0 aromatic rings. The van der Waals surface area contributed by atoms with Crippen LogP contribution in [0.4, 0.5) is 0 Å². The van der Waals surface area contributed by atoms with Crippen LogP contribution >= 0.6 is 0 Å². The van der Waals surface area contributed by atoms with Gasteiger partial charge in [0, 0.05) is 53.4 Å². The average molecular weight is 316 g/mol. The van der Waals surface area contributed by atoms with E-state index in [-0.39, 0.29) is 5.97 Å². The van der Waals surface area contributed by atoms with Gasteiger partial charge < -0.3 is 25.0 Å². The van der Waals surface area contributed by atoms with Crippen LogP contribution in [0.2, 0.25) is 0 Å².